The Labute approximate surface area is 97.6 Å². The summed E-state index contributed by atoms with van der Waals surface area (Å²) in [6, 6.07) is 0. The Balaban J connectivity index is 2.30. The summed E-state index contributed by atoms with van der Waals surface area (Å²) in [4.78, 5) is 12.2. The molecule has 0 aromatic carbocycles. The van der Waals surface area contributed by atoms with Crippen LogP contribution in [0.1, 0.15) is 29.4 Å². The van der Waals surface area contributed by atoms with Gasteiger partial charge in [-0.1, -0.05) is 0 Å². The lowest BCUT2D eigenvalue weighted by molar-refractivity contribution is -0.0161. The summed E-state index contributed by atoms with van der Waals surface area (Å²) in [5.41, 5.74) is -0.604. The number of halogens is 2. The molecule has 0 bridgehead atoms. The molecule has 1 saturated heterocycles. The monoisotopic (exact) mass is 244 g/mol. The van der Waals surface area contributed by atoms with Crippen molar-refractivity contribution in [2.24, 2.45) is 7.05 Å². The molecule has 0 aliphatic carbocycles. The fourth-order valence-corrected chi connectivity index (χ4v) is 2.09. The number of hydrogen-bond donors (Lipinski definition) is 0. The fraction of sp³-hybridized carbons (Fsp3) is 0.636. The lowest BCUT2D eigenvalue weighted by atomic mass is 9.92. The number of rotatable bonds is 2. The highest BCUT2D eigenvalue weighted by atomic mass is 19.3. The average Bonchev–Trinajstić information content (AvgIpc) is 2.66. The van der Waals surface area contributed by atoms with Gasteiger partial charge in [0, 0.05) is 13.2 Å². The van der Waals surface area contributed by atoms with Gasteiger partial charge in [-0.05, 0) is 19.4 Å². The smallest absolute Gasteiger partial charge is 0.274 e. The molecule has 1 aliphatic heterocycles. The third-order valence-corrected chi connectivity index (χ3v) is 2.91. The summed E-state index contributed by atoms with van der Waals surface area (Å²) in [6.07, 6.45) is 1.08. The van der Waals surface area contributed by atoms with Crippen LogP contribution in [0.15, 0.2) is 6.20 Å². The van der Waals surface area contributed by atoms with Crippen LogP contribution < -0.4 is 0 Å². The topological polar surface area (TPSA) is 44.1 Å². The maximum Gasteiger partial charge on any atom is 0.274 e. The van der Waals surface area contributed by atoms with Crippen molar-refractivity contribution < 1.29 is 18.3 Å². The van der Waals surface area contributed by atoms with Crippen LogP contribution in [-0.4, -0.2) is 33.7 Å². The van der Waals surface area contributed by atoms with Crippen molar-refractivity contribution >= 4 is 5.78 Å². The first-order valence-electron chi connectivity index (χ1n) is 5.30. The summed E-state index contributed by atoms with van der Waals surface area (Å²) < 4.78 is 32.7. The third-order valence-electron chi connectivity index (χ3n) is 2.91. The van der Waals surface area contributed by atoms with Crippen LogP contribution in [0.4, 0.5) is 8.78 Å². The average molecular weight is 244 g/mol. The van der Waals surface area contributed by atoms with Crippen LogP contribution in [0.3, 0.4) is 0 Å². The molecular formula is C11H14F2N2O2. The minimum Gasteiger partial charge on any atom is -0.361 e. The molecule has 1 fully saturated rings. The molecule has 1 aromatic heterocycles. The van der Waals surface area contributed by atoms with Gasteiger partial charge in [-0.3, -0.25) is 9.48 Å². The fourth-order valence-electron chi connectivity index (χ4n) is 2.09. The quantitative estimate of drug-likeness (QED) is 0.744. The van der Waals surface area contributed by atoms with E-state index in [-0.39, 0.29) is 5.69 Å². The molecule has 0 unspecified atom stereocenters. The third kappa shape index (κ3) is 2.09. The Morgan fingerprint density at radius 2 is 2.24 bits per heavy atom. The molecule has 4 nitrogen and oxygen atoms in total. The Bertz CT molecular complexity index is 470. The van der Waals surface area contributed by atoms with Gasteiger partial charge in [-0.15, -0.1) is 0 Å². The van der Waals surface area contributed by atoms with Crippen molar-refractivity contribution in [2.45, 2.75) is 31.8 Å². The van der Waals surface area contributed by atoms with Crippen molar-refractivity contribution in [2.75, 3.05) is 6.61 Å². The summed E-state index contributed by atoms with van der Waals surface area (Å²) in [6.45, 7) is 2.40. The number of nitrogens with zero attached hydrogens (tertiary/aromatic N) is 2. The number of ether oxygens (including phenoxy) is 1. The number of alkyl halides is 2. The van der Waals surface area contributed by atoms with E-state index in [9.17, 15) is 13.6 Å². The van der Waals surface area contributed by atoms with E-state index >= 15 is 0 Å². The number of hydrogen-bond acceptors (Lipinski definition) is 3. The second-order valence-corrected chi connectivity index (χ2v) is 4.72. The van der Waals surface area contributed by atoms with Gasteiger partial charge >= 0.3 is 0 Å². The lowest BCUT2D eigenvalue weighted by Gasteiger charge is -2.20. The lowest BCUT2D eigenvalue weighted by Crippen LogP contribution is -2.36. The highest BCUT2D eigenvalue weighted by Crippen LogP contribution is 2.38. The molecule has 0 radical (unpaired) electrons. The van der Waals surface area contributed by atoms with Crippen molar-refractivity contribution in [1.82, 2.24) is 9.78 Å². The molecular weight excluding hydrogens is 230 g/mol. The van der Waals surface area contributed by atoms with Gasteiger partial charge in [0.25, 0.3) is 5.92 Å². The van der Waals surface area contributed by atoms with E-state index in [2.05, 4.69) is 5.10 Å². The van der Waals surface area contributed by atoms with E-state index in [4.69, 9.17) is 4.74 Å². The van der Waals surface area contributed by atoms with Crippen molar-refractivity contribution in [3.63, 3.8) is 0 Å². The first-order chi connectivity index (χ1) is 7.73. The minimum absolute atomic E-state index is 0.202. The Morgan fingerprint density at radius 3 is 2.65 bits per heavy atom. The van der Waals surface area contributed by atoms with Crippen molar-refractivity contribution in [3.05, 3.63) is 17.5 Å². The number of carbonyl (C=O) groups is 1. The first kappa shape index (κ1) is 12.2. The molecule has 1 atom stereocenters. The van der Waals surface area contributed by atoms with Gasteiger partial charge in [0.15, 0.2) is 0 Å². The molecule has 1 aliphatic rings. The van der Waals surface area contributed by atoms with Crippen LogP contribution in [0.25, 0.3) is 0 Å². The van der Waals surface area contributed by atoms with Gasteiger partial charge in [-0.2, -0.15) is 5.10 Å². The van der Waals surface area contributed by atoms with E-state index < -0.39 is 30.3 Å². The van der Waals surface area contributed by atoms with Gasteiger partial charge in [-0.25, -0.2) is 8.78 Å². The maximum atomic E-state index is 13.1. The van der Waals surface area contributed by atoms with Gasteiger partial charge in [0.2, 0.25) is 5.78 Å². The number of aromatic nitrogens is 2. The number of Topliss-reactive ketones (excluding diaryl/α,β-unsaturated/α-hetero) is 1. The van der Waals surface area contributed by atoms with Crippen LogP contribution >= 0.6 is 0 Å². The molecule has 94 valence electrons. The van der Waals surface area contributed by atoms with Gasteiger partial charge in [0.05, 0.1) is 6.42 Å². The molecule has 0 amide bonds. The highest BCUT2D eigenvalue weighted by Gasteiger charge is 2.53. The molecule has 6 heteroatoms. The summed E-state index contributed by atoms with van der Waals surface area (Å²) in [7, 11) is 1.68. The second-order valence-electron chi connectivity index (χ2n) is 4.72. The van der Waals surface area contributed by atoms with Crippen molar-refractivity contribution in [1.29, 1.82) is 0 Å². The van der Waals surface area contributed by atoms with Gasteiger partial charge in [0.1, 0.15) is 17.9 Å². The zero-order chi connectivity index (χ0) is 12.8. The van der Waals surface area contributed by atoms with Gasteiger partial charge < -0.3 is 4.74 Å². The van der Waals surface area contributed by atoms with E-state index in [1.54, 1.807) is 20.2 Å². The van der Waals surface area contributed by atoms with Crippen LogP contribution in [0, 0.1) is 6.92 Å². The highest BCUT2D eigenvalue weighted by molar-refractivity contribution is 6.02. The predicted octanol–water partition coefficient (Wildman–Crippen LogP) is 1.73. The second kappa shape index (κ2) is 3.60. The Kier molecular flexibility index (Phi) is 2.57. The number of aryl methyl sites for hydroxylation is 2. The maximum absolute atomic E-state index is 13.1. The van der Waals surface area contributed by atoms with E-state index in [0.717, 1.165) is 0 Å². The van der Waals surface area contributed by atoms with Crippen molar-refractivity contribution in [3.8, 4) is 0 Å². The van der Waals surface area contributed by atoms with E-state index in [1.807, 2.05) is 0 Å². The molecule has 17 heavy (non-hydrogen) atoms. The molecule has 1 aromatic rings. The molecule has 2 heterocycles. The Hall–Kier alpha value is -1.30. The molecule has 0 saturated carbocycles. The normalized spacial score (nSPS) is 27.4. The SMILES string of the molecule is Cc1cn(C)nc1C(=O)[C@]1(C)CC(F)(F)CO1. The zero-order valence-electron chi connectivity index (χ0n) is 9.96. The molecule has 0 N–H and O–H groups in total. The molecule has 0 spiro atoms. The van der Waals surface area contributed by atoms with Crippen LogP contribution in [0.5, 0.6) is 0 Å². The summed E-state index contributed by atoms with van der Waals surface area (Å²) in [5.74, 6) is -3.42. The number of carbonyl (C=O) groups excluding carboxylic acids is 1. The zero-order valence-corrected chi connectivity index (χ0v) is 9.96. The minimum atomic E-state index is -2.94. The van der Waals surface area contributed by atoms with E-state index in [1.165, 1.54) is 11.6 Å². The molecule has 2 rings (SSSR count). The van der Waals surface area contributed by atoms with Crippen LogP contribution in [-0.2, 0) is 11.8 Å². The Morgan fingerprint density at radius 1 is 1.59 bits per heavy atom. The van der Waals surface area contributed by atoms with Crippen LogP contribution in [0.2, 0.25) is 0 Å². The predicted molar refractivity (Wildman–Crippen MR) is 56.2 cm³/mol. The first-order valence-corrected chi connectivity index (χ1v) is 5.30. The standard InChI is InChI=1S/C11H14F2N2O2/c1-7-4-15(3)14-8(7)9(16)10(2)5-11(12,13)6-17-10/h4H,5-6H2,1-3H3/t10-/m0/s1. The summed E-state index contributed by atoms with van der Waals surface area (Å²) in [5, 5.41) is 3.99. The summed E-state index contributed by atoms with van der Waals surface area (Å²) >= 11 is 0. The largest absolute Gasteiger partial charge is 0.361 e. The number of ketones is 1. The van der Waals surface area contributed by atoms with E-state index in [0.29, 0.717) is 5.56 Å².